The maximum atomic E-state index is 11.3. The Bertz CT molecular complexity index is 221. The Balaban J connectivity index is 4.04. The summed E-state index contributed by atoms with van der Waals surface area (Å²) in [6.07, 6.45) is 2.33. The van der Waals surface area contributed by atoms with Crippen LogP contribution in [0.15, 0.2) is 0 Å². The van der Waals surface area contributed by atoms with Crippen LogP contribution in [0.5, 0.6) is 0 Å². The number of likely N-dealkylation sites (N-methyl/N-ethyl adjacent to an activating group) is 1. The van der Waals surface area contributed by atoms with E-state index in [1.807, 2.05) is 25.6 Å². The number of aliphatic carboxylic acids is 1. The van der Waals surface area contributed by atoms with Crippen LogP contribution in [-0.2, 0) is 4.79 Å². The molecular formula is C13H27NO2S. The SMILES string of the molecule is CCNC(CC)(CCCSCC(C)C)C(=O)O. The van der Waals surface area contributed by atoms with Crippen molar-refractivity contribution >= 4 is 17.7 Å². The molecule has 0 aliphatic heterocycles. The minimum absolute atomic E-state index is 0.644. The van der Waals surface area contributed by atoms with Crippen LogP contribution >= 0.6 is 11.8 Å². The van der Waals surface area contributed by atoms with Gasteiger partial charge in [0.1, 0.15) is 5.54 Å². The van der Waals surface area contributed by atoms with Crippen molar-refractivity contribution < 1.29 is 9.90 Å². The minimum atomic E-state index is -0.715. The van der Waals surface area contributed by atoms with E-state index in [1.165, 1.54) is 0 Å². The normalized spacial score (nSPS) is 14.9. The van der Waals surface area contributed by atoms with E-state index in [0.717, 1.165) is 24.3 Å². The highest BCUT2D eigenvalue weighted by molar-refractivity contribution is 7.99. The zero-order chi connectivity index (χ0) is 13.3. The zero-order valence-corrected chi connectivity index (χ0v) is 12.4. The smallest absolute Gasteiger partial charge is 0.323 e. The van der Waals surface area contributed by atoms with Crippen molar-refractivity contribution in [3.8, 4) is 0 Å². The van der Waals surface area contributed by atoms with Gasteiger partial charge < -0.3 is 10.4 Å². The van der Waals surface area contributed by atoms with Gasteiger partial charge in [0.25, 0.3) is 0 Å². The van der Waals surface area contributed by atoms with Crippen LogP contribution in [0, 0.1) is 5.92 Å². The lowest BCUT2D eigenvalue weighted by Crippen LogP contribution is -2.51. The molecule has 0 aliphatic carbocycles. The van der Waals surface area contributed by atoms with Crippen LogP contribution in [0.25, 0.3) is 0 Å². The summed E-state index contributed by atoms with van der Waals surface area (Å²) >= 11 is 1.92. The Morgan fingerprint density at radius 3 is 2.47 bits per heavy atom. The summed E-state index contributed by atoms with van der Waals surface area (Å²) in [4.78, 5) is 11.3. The highest BCUT2D eigenvalue weighted by atomic mass is 32.2. The summed E-state index contributed by atoms with van der Waals surface area (Å²) in [7, 11) is 0. The second-order valence-corrected chi connectivity index (χ2v) is 5.99. The second-order valence-electron chi connectivity index (χ2n) is 4.84. The Morgan fingerprint density at radius 2 is 2.06 bits per heavy atom. The van der Waals surface area contributed by atoms with E-state index in [4.69, 9.17) is 0 Å². The van der Waals surface area contributed by atoms with E-state index in [9.17, 15) is 9.90 Å². The first-order chi connectivity index (χ1) is 7.98. The van der Waals surface area contributed by atoms with E-state index >= 15 is 0 Å². The molecule has 3 nitrogen and oxygen atoms in total. The Hall–Kier alpha value is -0.220. The lowest BCUT2D eigenvalue weighted by atomic mass is 9.91. The zero-order valence-electron chi connectivity index (χ0n) is 11.6. The van der Waals surface area contributed by atoms with Crippen molar-refractivity contribution in [2.75, 3.05) is 18.1 Å². The van der Waals surface area contributed by atoms with Crippen LogP contribution in [0.1, 0.15) is 47.0 Å². The van der Waals surface area contributed by atoms with Gasteiger partial charge in [-0.2, -0.15) is 11.8 Å². The van der Waals surface area contributed by atoms with Gasteiger partial charge in [0.05, 0.1) is 0 Å². The first-order valence-electron chi connectivity index (χ1n) is 6.54. The fourth-order valence-electron chi connectivity index (χ4n) is 1.86. The quantitative estimate of drug-likeness (QED) is 0.594. The van der Waals surface area contributed by atoms with Gasteiger partial charge in [-0.05, 0) is 43.2 Å². The molecule has 0 heterocycles. The third-order valence-corrected chi connectivity index (χ3v) is 4.35. The van der Waals surface area contributed by atoms with Gasteiger partial charge in [-0.3, -0.25) is 4.79 Å². The number of nitrogens with one attached hydrogen (secondary N) is 1. The molecule has 4 heteroatoms. The monoisotopic (exact) mass is 261 g/mol. The molecule has 0 aromatic rings. The van der Waals surface area contributed by atoms with E-state index in [1.54, 1.807) is 0 Å². The van der Waals surface area contributed by atoms with Gasteiger partial charge in [0, 0.05) is 0 Å². The molecule has 0 saturated carbocycles. The van der Waals surface area contributed by atoms with Crippen molar-refractivity contribution in [2.45, 2.75) is 52.5 Å². The molecule has 0 rings (SSSR count). The molecule has 102 valence electrons. The molecule has 1 unspecified atom stereocenters. The van der Waals surface area contributed by atoms with Gasteiger partial charge in [-0.15, -0.1) is 0 Å². The van der Waals surface area contributed by atoms with E-state index in [-0.39, 0.29) is 0 Å². The Labute approximate surface area is 110 Å². The topological polar surface area (TPSA) is 49.3 Å². The van der Waals surface area contributed by atoms with Gasteiger partial charge in [0.2, 0.25) is 0 Å². The molecule has 0 saturated heterocycles. The average Bonchev–Trinajstić information content (AvgIpc) is 2.26. The molecule has 0 aromatic carbocycles. The minimum Gasteiger partial charge on any atom is -0.480 e. The third kappa shape index (κ3) is 6.32. The number of hydrogen-bond acceptors (Lipinski definition) is 3. The number of hydrogen-bond donors (Lipinski definition) is 2. The molecule has 0 fully saturated rings. The molecular weight excluding hydrogens is 234 g/mol. The fraction of sp³-hybridized carbons (Fsp3) is 0.923. The van der Waals surface area contributed by atoms with Crippen molar-refractivity contribution in [3.63, 3.8) is 0 Å². The van der Waals surface area contributed by atoms with Gasteiger partial charge in [0.15, 0.2) is 0 Å². The maximum Gasteiger partial charge on any atom is 0.323 e. The number of rotatable bonds is 10. The summed E-state index contributed by atoms with van der Waals surface area (Å²) in [5.74, 6) is 2.21. The highest BCUT2D eigenvalue weighted by Crippen LogP contribution is 2.20. The number of carboxylic acids is 1. The van der Waals surface area contributed by atoms with Crippen LogP contribution in [-0.4, -0.2) is 34.7 Å². The summed E-state index contributed by atoms with van der Waals surface area (Å²) in [6, 6.07) is 0. The molecule has 0 spiro atoms. The molecule has 17 heavy (non-hydrogen) atoms. The predicted octanol–water partition coefficient (Wildman–Crippen LogP) is 3.00. The van der Waals surface area contributed by atoms with Crippen molar-refractivity contribution in [1.82, 2.24) is 5.32 Å². The molecule has 0 radical (unpaired) electrons. The highest BCUT2D eigenvalue weighted by Gasteiger charge is 2.34. The molecule has 1 atom stereocenters. The predicted molar refractivity (Wildman–Crippen MR) is 75.7 cm³/mol. The average molecular weight is 261 g/mol. The van der Waals surface area contributed by atoms with Gasteiger partial charge in [-0.1, -0.05) is 27.7 Å². The summed E-state index contributed by atoms with van der Waals surface area (Å²) < 4.78 is 0. The largest absolute Gasteiger partial charge is 0.480 e. The first kappa shape index (κ1) is 16.8. The van der Waals surface area contributed by atoms with Crippen LogP contribution < -0.4 is 5.32 Å². The lowest BCUT2D eigenvalue weighted by molar-refractivity contribution is -0.145. The number of thioether (sulfide) groups is 1. The van der Waals surface area contributed by atoms with Crippen molar-refractivity contribution in [1.29, 1.82) is 0 Å². The third-order valence-electron chi connectivity index (χ3n) is 2.87. The van der Waals surface area contributed by atoms with E-state index in [2.05, 4.69) is 19.2 Å². The lowest BCUT2D eigenvalue weighted by Gasteiger charge is -2.29. The van der Waals surface area contributed by atoms with Crippen molar-refractivity contribution in [2.24, 2.45) is 5.92 Å². The van der Waals surface area contributed by atoms with Crippen LogP contribution in [0.3, 0.4) is 0 Å². The van der Waals surface area contributed by atoms with Crippen LogP contribution in [0.2, 0.25) is 0 Å². The number of carboxylic acid groups (broad SMARTS) is 1. The Morgan fingerprint density at radius 1 is 1.41 bits per heavy atom. The maximum absolute atomic E-state index is 11.3. The summed E-state index contributed by atoms with van der Waals surface area (Å²) in [5.41, 5.74) is -0.715. The van der Waals surface area contributed by atoms with Crippen LogP contribution in [0.4, 0.5) is 0 Å². The molecule has 0 bridgehead atoms. The van der Waals surface area contributed by atoms with E-state index < -0.39 is 11.5 Å². The van der Waals surface area contributed by atoms with E-state index in [0.29, 0.717) is 18.9 Å². The van der Waals surface area contributed by atoms with Crippen molar-refractivity contribution in [3.05, 3.63) is 0 Å². The second kappa shape index (κ2) is 8.81. The summed E-state index contributed by atoms with van der Waals surface area (Å²) in [6.45, 7) is 9.02. The van der Waals surface area contributed by atoms with Gasteiger partial charge in [-0.25, -0.2) is 0 Å². The Kier molecular flexibility index (Phi) is 8.70. The fourth-order valence-corrected chi connectivity index (χ4v) is 2.84. The molecule has 0 aliphatic rings. The first-order valence-corrected chi connectivity index (χ1v) is 7.70. The van der Waals surface area contributed by atoms with Gasteiger partial charge >= 0.3 is 5.97 Å². The molecule has 2 N–H and O–H groups in total. The standard InChI is InChI=1S/C13H27NO2S/c1-5-13(12(15)16,14-6-2)8-7-9-17-10-11(3)4/h11,14H,5-10H2,1-4H3,(H,15,16). The number of carbonyl (C=O) groups is 1. The summed E-state index contributed by atoms with van der Waals surface area (Å²) in [5, 5.41) is 12.5. The molecule has 0 amide bonds. The molecule has 0 aromatic heterocycles.